The van der Waals surface area contributed by atoms with E-state index in [0.29, 0.717) is 16.8 Å². The Morgan fingerprint density at radius 2 is 1.33 bits per heavy atom. The van der Waals surface area contributed by atoms with Crippen LogP contribution in [-0.4, -0.2) is 28.5 Å². The molecule has 164 valence electrons. The Morgan fingerprint density at radius 1 is 0.788 bits per heavy atom. The SMILES string of the molecule is Cc1ccc(C(=O)C(C(=O)C(=O)O)/C(=C2/C(=O)Nc3ccccc32)c2ccc(C)cc2)cc1. The van der Waals surface area contributed by atoms with Crippen LogP contribution in [0.5, 0.6) is 0 Å². The summed E-state index contributed by atoms with van der Waals surface area (Å²) in [6, 6.07) is 20.4. The lowest BCUT2D eigenvalue weighted by atomic mass is 9.79. The lowest BCUT2D eigenvalue weighted by Crippen LogP contribution is -2.32. The first kappa shape index (κ1) is 21.9. The molecule has 1 heterocycles. The number of carboxylic acid groups (broad SMARTS) is 1. The van der Waals surface area contributed by atoms with Crippen LogP contribution in [0.25, 0.3) is 11.1 Å². The van der Waals surface area contributed by atoms with Gasteiger partial charge in [-0.1, -0.05) is 77.9 Å². The predicted molar refractivity (Wildman–Crippen MR) is 125 cm³/mol. The molecule has 2 N–H and O–H groups in total. The van der Waals surface area contributed by atoms with Gasteiger partial charge >= 0.3 is 5.97 Å². The van der Waals surface area contributed by atoms with Crippen molar-refractivity contribution in [1.29, 1.82) is 0 Å². The van der Waals surface area contributed by atoms with Crippen molar-refractivity contribution in [2.75, 3.05) is 5.32 Å². The van der Waals surface area contributed by atoms with Gasteiger partial charge < -0.3 is 10.4 Å². The Bertz CT molecular complexity index is 1320. The lowest BCUT2D eigenvalue weighted by Gasteiger charge is -2.20. The third-order valence-corrected chi connectivity index (χ3v) is 5.66. The highest BCUT2D eigenvalue weighted by molar-refractivity contribution is 6.46. The first-order valence-corrected chi connectivity index (χ1v) is 10.4. The fraction of sp³-hybridized carbons (Fsp3) is 0.111. The molecule has 0 aliphatic carbocycles. The summed E-state index contributed by atoms with van der Waals surface area (Å²) in [6.45, 7) is 3.74. The Hall–Kier alpha value is -4.32. The van der Waals surface area contributed by atoms with Gasteiger partial charge in [-0.15, -0.1) is 0 Å². The summed E-state index contributed by atoms with van der Waals surface area (Å²) in [5.74, 6) is -5.90. The summed E-state index contributed by atoms with van der Waals surface area (Å²) in [4.78, 5) is 51.5. The topological polar surface area (TPSA) is 101 Å². The summed E-state index contributed by atoms with van der Waals surface area (Å²) < 4.78 is 0. The fourth-order valence-corrected chi connectivity index (χ4v) is 3.96. The van der Waals surface area contributed by atoms with Crippen molar-refractivity contribution < 1.29 is 24.3 Å². The van der Waals surface area contributed by atoms with E-state index in [4.69, 9.17) is 0 Å². The summed E-state index contributed by atoms with van der Waals surface area (Å²) >= 11 is 0. The normalized spacial score (nSPS) is 14.8. The second kappa shape index (κ2) is 8.67. The molecule has 1 amide bonds. The summed E-state index contributed by atoms with van der Waals surface area (Å²) in [6.07, 6.45) is 0. The van der Waals surface area contributed by atoms with Gasteiger partial charge in [-0.25, -0.2) is 4.79 Å². The van der Waals surface area contributed by atoms with Gasteiger partial charge in [0.05, 0.1) is 5.57 Å². The number of hydrogen-bond donors (Lipinski definition) is 2. The Balaban J connectivity index is 2.03. The molecule has 0 fully saturated rings. The van der Waals surface area contributed by atoms with E-state index in [-0.39, 0.29) is 16.7 Å². The molecule has 0 saturated heterocycles. The molecular weight excluding hydrogens is 418 g/mol. The molecule has 3 aromatic carbocycles. The first-order valence-electron chi connectivity index (χ1n) is 10.4. The summed E-state index contributed by atoms with van der Waals surface area (Å²) in [7, 11) is 0. The van der Waals surface area contributed by atoms with Crippen molar-refractivity contribution in [3.05, 3.63) is 101 Å². The van der Waals surface area contributed by atoms with Crippen LogP contribution in [0.4, 0.5) is 5.69 Å². The average molecular weight is 439 g/mol. The van der Waals surface area contributed by atoms with E-state index in [0.717, 1.165) is 11.1 Å². The van der Waals surface area contributed by atoms with Crippen molar-refractivity contribution in [3.8, 4) is 0 Å². The van der Waals surface area contributed by atoms with Crippen LogP contribution in [0.1, 0.15) is 32.6 Å². The quantitative estimate of drug-likeness (QED) is 0.258. The number of amides is 1. The van der Waals surface area contributed by atoms with E-state index in [1.807, 2.05) is 13.8 Å². The number of aliphatic carboxylic acids is 1. The van der Waals surface area contributed by atoms with Gasteiger partial charge in [-0.3, -0.25) is 14.4 Å². The number of para-hydroxylation sites is 1. The van der Waals surface area contributed by atoms with Crippen LogP contribution in [0, 0.1) is 19.8 Å². The maximum absolute atomic E-state index is 13.6. The van der Waals surface area contributed by atoms with Crippen molar-refractivity contribution in [1.82, 2.24) is 0 Å². The number of nitrogens with one attached hydrogen (secondary N) is 1. The number of carboxylic acids is 1. The maximum Gasteiger partial charge on any atom is 0.373 e. The Labute approximate surface area is 190 Å². The first-order chi connectivity index (χ1) is 15.8. The van der Waals surface area contributed by atoms with E-state index >= 15 is 0 Å². The van der Waals surface area contributed by atoms with Gasteiger partial charge in [0.25, 0.3) is 11.7 Å². The molecule has 6 nitrogen and oxygen atoms in total. The average Bonchev–Trinajstić information content (AvgIpc) is 3.13. The van der Waals surface area contributed by atoms with Crippen LogP contribution in [0.2, 0.25) is 0 Å². The number of carbonyl (C=O) groups is 4. The molecule has 1 aliphatic heterocycles. The smallest absolute Gasteiger partial charge is 0.373 e. The van der Waals surface area contributed by atoms with Gasteiger partial charge in [0, 0.05) is 16.8 Å². The standard InChI is InChI=1S/C27H21NO5/c1-15-7-11-17(12-8-15)21(22-19-5-3-4-6-20(19)28-26(22)31)23(25(30)27(32)33)24(29)18-13-9-16(2)10-14-18/h3-14,23H,1-2H3,(H,28,31)(H,32,33)/b22-21+. The molecule has 0 spiro atoms. The minimum absolute atomic E-state index is 0.0791. The van der Waals surface area contributed by atoms with E-state index < -0.39 is 29.4 Å². The third-order valence-electron chi connectivity index (χ3n) is 5.66. The zero-order chi connectivity index (χ0) is 23.7. The van der Waals surface area contributed by atoms with E-state index in [9.17, 15) is 24.3 Å². The maximum atomic E-state index is 13.6. The number of rotatable bonds is 6. The third kappa shape index (κ3) is 4.11. The van der Waals surface area contributed by atoms with Crippen LogP contribution in [-0.2, 0) is 14.4 Å². The molecule has 0 bridgehead atoms. The molecular formula is C27H21NO5. The molecule has 0 saturated carbocycles. The molecule has 6 heteroatoms. The number of anilines is 1. The minimum atomic E-state index is -1.74. The summed E-state index contributed by atoms with van der Waals surface area (Å²) in [5, 5.41) is 12.4. The van der Waals surface area contributed by atoms with Crippen molar-refractivity contribution in [2.24, 2.45) is 5.92 Å². The number of benzene rings is 3. The zero-order valence-corrected chi connectivity index (χ0v) is 18.1. The number of ketones is 2. The fourth-order valence-electron chi connectivity index (χ4n) is 3.96. The highest BCUT2D eigenvalue weighted by atomic mass is 16.4. The number of aryl methyl sites for hydroxylation is 2. The van der Waals surface area contributed by atoms with E-state index in [1.54, 1.807) is 72.8 Å². The molecule has 1 atom stereocenters. The van der Waals surface area contributed by atoms with Crippen molar-refractivity contribution in [2.45, 2.75) is 13.8 Å². The molecule has 1 unspecified atom stereocenters. The van der Waals surface area contributed by atoms with E-state index in [1.165, 1.54) is 0 Å². The van der Waals surface area contributed by atoms with Crippen molar-refractivity contribution in [3.63, 3.8) is 0 Å². The highest BCUT2D eigenvalue weighted by Crippen LogP contribution is 2.41. The number of hydrogen-bond acceptors (Lipinski definition) is 4. The predicted octanol–water partition coefficient (Wildman–Crippen LogP) is 4.32. The number of Topliss-reactive ketones (excluding diaryl/α,β-unsaturated/α-hetero) is 2. The van der Waals surface area contributed by atoms with Crippen LogP contribution in [0.3, 0.4) is 0 Å². The molecule has 1 aliphatic rings. The Morgan fingerprint density at radius 3 is 1.91 bits per heavy atom. The number of fused-ring (bicyclic) bond motifs is 1. The van der Waals surface area contributed by atoms with Gasteiger partial charge in [-0.05, 0) is 31.1 Å². The minimum Gasteiger partial charge on any atom is -0.475 e. The number of carbonyl (C=O) groups excluding carboxylic acids is 3. The lowest BCUT2D eigenvalue weighted by molar-refractivity contribution is -0.149. The monoisotopic (exact) mass is 439 g/mol. The van der Waals surface area contributed by atoms with Crippen molar-refractivity contribution >= 4 is 40.3 Å². The summed E-state index contributed by atoms with van der Waals surface area (Å²) in [5.41, 5.74) is 3.72. The molecule has 3 aromatic rings. The second-order valence-corrected chi connectivity index (χ2v) is 7.99. The van der Waals surface area contributed by atoms with Gasteiger partial charge in [-0.2, -0.15) is 0 Å². The van der Waals surface area contributed by atoms with Crippen LogP contribution >= 0.6 is 0 Å². The van der Waals surface area contributed by atoms with Gasteiger partial charge in [0.2, 0.25) is 0 Å². The number of allylic oxidation sites excluding steroid dienone is 1. The molecule has 33 heavy (non-hydrogen) atoms. The molecule has 0 radical (unpaired) electrons. The largest absolute Gasteiger partial charge is 0.475 e. The van der Waals surface area contributed by atoms with Gasteiger partial charge in [0.15, 0.2) is 5.78 Å². The molecule has 0 aromatic heterocycles. The Kier molecular flexibility index (Phi) is 5.75. The zero-order valence-electron chi connectivity index (χ0n) is 18.1. The second-order valence-electron chi connectivity index (χ2n) is 7.99. The molecule has 4 rings (SSSR count). The highest BCUT2D eigenvalue weighted by Gasteiger charge is 2.40. The van der Waals surface area contributed by atoms with Crippen LogP contribution < -0.4 is 5.32 Å². The van der Waals surface area contributed by atoms with E-state index in [2.05, 4.69) is 5.32 Å². The van der Waals surface area contributed by atoms with Crippen LogP contribution in [0.15, 0.2) is 72.8 Å². The van der Waals surface area contributed by atoms with Gasteiger partial charge in [0.1, 0.15) is 5.92 Å².